The number of hydrogen-bond donors (Lipinski definition) is 2. The summed E-state index contributed by atoms with van der Waals surface area (Å²) in [5.74, 6) is 0. The number of aromatic nitrogens is 2. The molecule has 0 aliphatic rings. The highest BCUT2D eigenvalue weighted by atomic mass is 35.5. The highest BCUT2D eigenvalue weighted by Gasteiger charge is 2.06. The average molecular weight is 208 g/mol. The van der Waals surface area contributed by atoms with Gasteiger partial charge in [0.05, 0.1) is 5.69 Å². The third kappa shape index (κ3) is 1.59. The maximum absolute atomic E-state index is 5.92. The minimum atomic E-state index is 0.710. The Kier molecular flexibility index (Phi) is 2.41. The normalized spacial score (nSPS) is 10.1. The Labute approximate surface area is 87.1 Å². The molecule has 72 valence electrons. The van der Waals surface area contributed by atoms with Gasteiger partial charge in [0, 0.05) is 29.5 Å². The van der Waals surface area contributed by atoms with Gasteiger partial charge in [0.25, 0.3) is 0 Å². The molecule has 0 unspecified atom stereocenters. The number of aromatic amines is 1. The maximum Gasteiger partial charge on any atom is 0.0941 e. The van der Waals surface area contributed by atoms with Crippen LogP contribution in [0.4, 0.5) is 5.69 Å². The Morgan fingerprint density at radius 2 is 2.21 bits per heavy atom. The third-order valence-corrected chi connectivity index (χ3v) is 2.26. The molecule has 4 heteroatoms. The van der Waals surface area contributed by atoms with Gasteiger partial charge in [-0.25, -0.2) is 0 Å². The van der Waals surface area contributed by atoms with Crippen LogP contribution in [0.5, 0.6) is 0 Å². The van der Waals surface area contributed by atoms with Crippen molar-refractivity contribution in [2.75, 3.05) is 12.4 Å². The van der Waals surface area contributed by atoms with Crippen molar-refractivity contribution in [2.24, 2.45) is 0 Å². The van der Waals surface area contributed by atoms with E-state index in [0.717, 1.165) is 16.9 Å². The second kappa shape index (κ2) is 3.72. The molecule has 2 aromatic rings. The van der Waals surface area contributed by atoms with Crippen molar-refractivity contribution in [1.82, 2.24) is 10.2 Å². The van der Waals surface area contributed by atoms with Gasteiger partial charge >= 0.3 is 0 Å². The lowest BCUT2D eigenvalue weighted by molar-refractivity contribution is 1.10. The van der Waals surface area contributed by atoms with Crippen molar-refractivity contribution < 1.29 is 0 Å². The lowest BCUT2D eigenvalue weighted by atomic mass is 10.1. The zero-order valence-corrected chi connectivity index (χ0v) is 8.47. The molecule has 2 N–H and O–H groups in total. The summed E-state index contributed by atoms with van der Waals surface area (Å²) in [6.07, 6.45) is 1.79. The third-order valence-electron chi connectivity index (χ3n) is 2.03. The number of hydrogen-bond acceptors (Lipinski definition) is 2. The largest absolute Gasteiger partial charge is 0.388 e. The Morgan fingerprint density at radius 1 is 1.36 bits per heavy atom. The van der Waals surface area contributed by atoms with Gasteiger partial charge in [0.1, 0.15) is 0 Å². The topological polar surface area (TPSA) is 40.7 Å². The molecule has 0 radical (unpaired) electrons. The van der Waals surface area contributed by atoms with Gasteiger partial charge in [-0.3, -0.25) is 5.10 Å². The smallest absolute Gasteiger partial charge is 0.0941 e. The summed E-state index contributed by atoms with van der Waals surface area (Å²) in [7, 11) is 1.87. The van der Waals surface area contributed by atoms with Crippen molar-refractivity contribution in [1.29, 1.82) is 0 Å². The Bertz CT molecular complexity index is 423. The monoisotopic (exact) mass is 207 g/mol. The molecule has 1 aromatic heterocycles. The number of halogens is 1. The fourth-order valence-corrected chi connectivity index (χ4v) is 1.53. The molecule has 0 atom stereocenters. The number of H-pyrrole nitrogens is 1. The van der Waals surface area contributed by atoms with Gasteiger partial charge in [0.2, 0.25) is 0 Å². The predicted molar refractivity (Wildman–Crippen MR) is 58.6 cm³/mol. The van der Waals surface area contributed by atoms with Gasteiger partial charge in [-0.05, 0) is 24.3 Å². The van der Waals surface area contributed by atoms with E-state index in [1.54, 1.807) is 6.20 Å². The standard InChI is InChI=1S/C10H10ClN3/c1-12-9-3-2-7(11)6-8(9)10-4-5-13-14-10/h2-6,12H,1H3,(H,13,14). The van der Waals surface area contributed by atoms with Crippen molar-refractivity contribution in [2.45, 2.75) is 0 Å². The maximum atomic E-state index is 5.92. The van der Waals surface area contributed by atoms with Crippen molar-refractivity contribution in [3.8, 4) is 11.3 Å². The average Bonchev–Trinajstić information content (AvgIpc) is 2.70. The number of anilines is 1. The minimum absolute atomic E-state index is 0.710. The quantitative estimate of drug-likeness (QED) is 0.795. The predicted octanol–water partition coefficient (Wildman–Crippen LogP) is 2.77. The Morgan fingerprint density at radius 3 is 2.86 bits per heavy atom. The molecule has 0 aliphatic heterocycles. The summed E-state index contributed by atoms with van der Waals surface area (Å²) in [5.41, 5.74) is 2.90. The molecule has 1 aromatic carbocycles. The molecule has 0 spiro atoms. The van der Waals surface area contributed by atoms with Crippen LogP contribution in [0.2, 0.25) is 5.02 Å². The van der Waals surface area contributed by atoms with Gasteiger partial charge < -0.3 is 5.32 Å². The zero-order valence-electron chi connectivity index (χ0n) is 7.71. The molecular formula is C10H10ClN3. The first-order chi connectivity index (χ1) is 6.81. The van der Waals surface area contributed by atoms with Gasteiger partial charge in [-0.1, -0.05) is 11.6 Å². The van der Waals surface area contributed by atoms with Crippen LogP contribution in [-0.2, 0) is 0 Å². The second-order valence-electron chi connectivity index (χ2n) is 2.90. The summed E-state index contributed by atoms with van der Waals surface area (Å²) in [6, 6.07) is 7.59. The molecule has 0 fully saturated rings. The van der Waals surface area contributed by atoms with Gasteiger partial charge in [-0.2, -0.15) is 5.10 Å². The van der Waals surface area contributed by atoms with E-state index in [1.807, 2.05) is 31.3 Å². The van der Waals surface area contributed by atoms with Crippen molar-refractivity contribution >= 4 is 17.3 Å². The van der Waals surface area contributed by atoms with Crippen LogP contribution >= 0.6 is 11.6 Å². The van der Waals surface area contributed by atoms with E-state index >= 15 is 0 Å². The molecule has 1 heterocycles. The molecule has 0 bridgehead atoms. The summed E-state index contributed by atoms with van der Waals surface area (Å²) < 4.78 is 0. The first-order valence-corrected chi connectivity index (χ1v) is 4.66. The van der Waals surface area contributed by atoms with E-state index in [2.05, 4.69) is 15.5 Å². The fraction of sp³-hybridized carbons (Fsp3) is 0.100. The summed E-state index contributed by atoms with van der Waals surface area (Å²) in [5, 5.41) is 10.7. The lowest BCUT2D eigenvalue weighted by Gasteiger charge is -2.06. The fourth-order valence-electron chi connectivity index (χ4n) is 1.36. The number of nitrogens with zero attached hydrogens (tertiary/aromatic N) is 1. The number of benzene rings is 1. The molecule has 14 heavy (non-hydrogen) atoms. The lowest BCUT2D eigenvalue weighted by Crippen LogP contribution is -1.91. The van der Waals surface area contributed by atoms with E-state index in [9.17, 15) is 0 Å². The first-order valence-electron chi connectivity index (χ1n) is 4.28. The minimum Gasteiger partial charge on any atom is -0.388 e. The summed E-state index contributed by atoms with van der Waals surface area (Å²) in [4.78, 5) is 0. The van der Waals surface area contributed by atoms with Crippen LogP contribution in [0, 0.1) is 0 Å². The zero-order chi connectivity index (χ0) is 9.97. The van der Waals surface area contributed by atoms with Crippen LogP contribution in [0.15, 0.2) is 30.5 Å². The summed E-state index contributed by atoms with van der Waals surface area (Å²) >= 11 is 5.92. The van der Waals surface area contributed by atoms with Crippen molar-refractivity contribution in [3.05, 3.63) is 35.5 Å². The SMILES string of the molecule is CNc1ccc(Cl)cc1-c1cc[nH]n1. The molecule has 0 aliphatic carbocycles. The van der Waals surface area contributed by atoms with Gasteiger partial charge in [-0.15, -0.1) is 0 Å². The Hall–Kier alpha value is -1.48. The van der Waals surface area contributed by atoms with Crippen LogP contribution in [0.3, 0.4) is 0 Å². The summed E-state index contributed by atoms with van der Waals surface area (Å²) in [6.45, 7) is 0. The van der Waals surface area contributed by atoms with Crippen LogP contribution in [-0.4, -0.2) is 17.2 Å². The van der Waals surface area contributed by atoms with E-state index in [1.165, 1.54) is 0 Å². The molecular weight excluding hydrogens is 198 g/mol. The van der Waals surface area contributed by atoms with Gasteiger partial charge in [0.15, 0.2) is 0 Å². The van der Waals surface area contributed by atoms with Crippen molar-refractivity contribution in [3.63, 3.8) is 0 Å². The van der Waals surface area contributed by atoms with E-state index in [0.29, 0.717) is 5.02 Å². The number of nitrogens with one attached hydrogen (secondary N) is 2. The molecule has 0 saturated heterocycles. The van der Waals surface area contributed by atoms with E-state index in [4.69, 9.17) is 11.6 Å². The number of rotatable bonds is 2. The van der Waals surface area contributed by atoms with Crippen LogP contribution in [0.25, 0.3) is 11.3 Å². The van der Waals surface area contributed by atoms with E-state index in [-0.39, 0.29) is 0 Å². The molecule has 0 amide bonds. The van der Waals surface area contributed by atoms with E-state index < -0.39 is 0 Å². The molecule has 2 rings (SSSR count). The second-order valence-corrected chi connectivity index (χ2v) is 3.34. The highest BCUT2D eigenvalue weighted by Crippen LogP contribution is 2.28. The van der Waals surface area contributed by atoms with Crippen LogP contribution in [0.1, 0.15) is 0 Å². The first kappa shape index (κ1) is 9.09. The highest BCUT2D eigenvalue weighted by molar-refractivity contribution is 6.31. The molecule has 0 saturated carbocycles. The molecule has 3 nitrogen and oxygen atoms in total. The Balaban J connectivity index is 2.55. The van der Waals surface area contributed by atoms with Crippen LogP contribution < -0.4 is 5.32 Å².